The smallest absolute Gasteiger partial charge is 0.408 e. The lowest BCUT2D eigenvalue weighted by molar-refractivity contribution is -0.143. The fraction of sp³-hybridized carbons (Fsp3) is 0.667. The van der Waals surface area contributed by atoms with E-state index < -0.39 is 11.7 Å². The van der Waals surface area contributed by atoms with Crippen molar-refractivity contribution in [3.8, 4) is 0 Å². The third-order valence-electron chi connectivity index (χ3n) is 2.29. The number of hydrogen-bond donors (Lipinski definition) is 1. The van der Waals surface area contributed by atoms with Crippen molar-refractivity contribution in [3.05, 3.63) is 12.2 Å². The van der Waals surface area contributed by atoms with Crippen LogP contribution < -0.4 is 5.32 Å². The lowest BCUT2D eigenvalue weighted by Crippen LogP contribution is -2.38. The number of carbonyl (C=O) groups is 2. The Hall–Kier alpha value is -1.52. The second kappa shape index (κ2) is 5.21. The first kappa shape index (κ1) is 13.5. The molecule has 0 saturated carbocycles. The van der Waals surface area contributed by atoms with E-state index in [1.807, 2.05) is 0 Å². The van der Waals surface area contributed by atoms with Gasteiger partial charge in [0, 0.05) is 0 Å². The van der Waals surface area contributed by atoms with Crippen LogP contribution in [0.3, 0.4) is 0 Å². The van der Waals surface area contributed by atoms with Crippen LogP contribution in [0.5, 0.6) is 0 Å². The molecule has 0 saturated heterocycles. The largest absolute Gasteiger partial charge is 0.469 e. The van der Waals surface area contributed by atoms with E-state index in [1.54, 1.807) is 32.9 Å². The zero-order chi connectivity index (χ0) is 13.1. The minimum absolute atomic E-state index is 0.172. The zero-order valence-corrected chi connectivity index (χ0v) is 10.6. The van der Waals surface area contributed by atoms with Gasteiger partial charge < -0.3 is 14.8 Å². The van der Waals surface area contributed by atoms with Crippen molar-refractivity contribution < 1.29 is 19.1 Å². The van der Waals surface area contributed by atoms with E-state index in [2.05, 4.69) is 10.1 Å². The van der Waals surface area contributed by atoms with Crippen LogP contribution in [0.4, 0.5) is 4.79 Å². The Balaban J connectivity index is 2.39. The van der Waals surface area contributed by atoms with Crippen LogP contribution in [0.2, 0.25) is 0 Å². The van der Waals surface area contributed by atoms with Crippen molar-refractivity contribution in [2.24, 2.45) is 5.92 Å². The van der Waals surface area contributed by atoms with Gasteiger partial charge in [0.2, 0.25) is 0 Å². The van der Waals surface area contributed by atoms with Gasteiger partial charge in [0.15, 0.2) is 0 Å². The predicted molar refractivity (Wildman–Crippen MR) is 62.4 cm³/mol. The first-order chi connectivity index (χ1) is 7.81. The van der Waals surface area contributed by atoms with Crippen LogP contribution in [-0.4, -0.2) is 30.8 Å². The van der Waals surface area contributed by atoms with E-state index in [9.17, 15) is 9.59 Å². The maximum atomic E-state index is 11.5. The summed E-state index contributed by atoms with van der Waals surface area (Å²) in [6.45, 7) is 5.40. The summed E-state index contributed by atoms with van der Waals surface area (Å²) in [5.74, 6) is -0.560. The van der Waals surface area contributed by atoms with Gasteiger partial charge in [-0.3, -0.25) is 4.79 Å². The van der Waals surface area contributed by atoms with Crippen molar-refractivity contribution in [2.75, 3.05) is 7.11 Å². The molecule has 0 aromatic heterocycles. The quantitative estimate of drug-likeness (QED) is 0.589. The van der Waals surface area contributed by atoms with Crippen molar-refractivity contribution in [1.82, 2.24) is 5.32 Å². The van der Waals surface area contributed by atoms with Crippen LogP contribution in [0.1, 0.15) is 27.2 Å². The summed E-state index contributed by atoms with van der Waals surface area (Å²) in [4.78, 5) is 22.7. The van der Waals surface area contributed by atoms with Gasteiger partial charge >= 0.3 is 12.1 Å². The molecule has 1 unspecified atom stereocenters. The van der Waals surface area contributed by atoms with Gasteiger partial charge in [-0.1, -0.05) is 12.2 Å². The zero-order valence-electron chi connectivity index (χ0n) is 10.6. The summed E-state index contributed by atoms with van der Waals surface area (Å²) in [6.07, 6.45) is 3.57. The molecule has 1 amide bonds. The molecule has 0 spiro atoms. The molecule has 0 aromatic rings. The standard InChI is InChI=1S/C12H19NO4/c1-12(2,3)17-11(15)13-9-6-5-8(7-9)10(14)16-4/h5-6,8-9H,7H2,1-4H3,(H,13,15)/t8?,9-/m1/s1. The minimum atomic E-state index is -0.520. The Morgan fingerprint density at radius 2 is 1.94 bits per heavy atom. The lowest BCUT2D eigenvalue weighted by Gasteiger charge is -2.21. The molecular formula is C12H19NO4. The second-order valence-electron chi connectivity index (χ2n) is 5.00. The summed E-state index contributed by atoms with van der Waals surface area (Å²) < 4.78 is 9.76. The molecule has 1 aliphatic carbocycles. The number of amides is 1. The number of rotatable bonds is 2. The molecule has 17 heavy (non-hydrogen) atoms. The molecule has 5 nitrogen and oxygen atoms in total. The maximum absolute atomic E-state index is 11.5. The molecule has 2 atom stereocenters. The number of esters is 1. The molecule has 0 radical (unpaired) electrons. The molecule has 1 N–H and O–H groups in total. The first-order valence-corrected chi connectivity index (χ1v) is 5.57. The molecule has 0 heterocycles. The van der Waals surface area contributed by atoms with Crippen LogP contribution >= 0.6 is 0 Å². The van der Waals surface area contributed by atoms with E-state index in [0.717, 1.165) is 0 Å². The van der Waals surface area contributed by atoms with Gasteiger partial charge in [-0.05, 0) is 27.2 Å². The Morgan fingerprint density at radius 3 is 2.47 bits per heavy atom. The van der Waals surface area contributed by atoms with Crippen molar-refractivity contribution in [1.29, 1.82) is 0 Å². The van der Waals surface area contributed by atoms with Crippen LogP contribution in [-0.2, 0) is 14.3 Å². The second-order valence-corrected chi connectivity index (χ2v) is 5.00. The van der Waals surface area contributed by atoms with Crippen LogP contribution in [0.15, 0.2) is 12.2 Å². The number of ether oxygens (including phenoxy) is 2. The van der Waals surface area contributed by atoms with Gasteiger partial charge in [-0.2, -0.15) is 0 Å². The number of methoxy groups -OCH3 is 1. The maximum Gasteiger partial charge on any atom is 0.408 e. The van der Waals surface area contributed by atoms with E-state index in [1.165, 1.54) is 7.11 Å². The first-order valence-electron chi connectivity index (χ1n) is 5.57. The van der Waals surface area contributed by atoms with Gasteiger partial charge in [0.1, 0.15) is 5.60 Å². The lowest BCUT2D eigenvalue weighted by atomic mass is 10.1. The highest BCUT2D eigenvalue weighted by molar-refractivity contribution is 5.75. The summed E-state index contributed by atoms with van der Waals surface area (Å²) in [6, 6.07) is -0.172. The Morgan fingerprint density at radius 1 is 1.29 bits per heavy atom. The van der Waals surface area contributed by atoms with Gasteiger partial charge in [-0.25, -0.2) is 4.79 Å². The summed E-state index contributed by atoms with van der Waals surface area (Å²) >= 11 is 0. The van der Waals surface area contributed by atoms with Crippen LogP contribution in [0.25, 0.3) is 0 Å². The van der Waals surface area contributed by atoms with E-state index in [0.29, 0.717) is 6.42 Å². The number of alkyl carbamates (subject to hydrolysis) is 1. The Kier molecular flexibility index (Phi) is 4.15. The molecule has 0 fully saturated rings. The molecule has 0 aromatic carbocycles. The monoisotopic (exact) mass is 241 g/mol. The molecule has 96 valence electrons. The predicted octanol–water partition coefficient (Wildman–Crippen LogP) is 1.63. The highest BCUT2D eigenvalue weighted by Gasteiger charge is 2.27. The normalized spacial score (nSPS) is 23.3. The van der Waals surface area contributed by atoms with E-state index >= 15 is 0 Å². The summed E-state index contributed by atoms with van der Waals surface area (Å²) in [5, 5.41) is 2.69. The highest BCUT2D eigenvalue weighted by Crippen LogP contribution is 2.19. The van der Waals surface area contributed by atoms with Crippen LogP contribution in [0, 0.1) is 5.92 Å². The molecule has 1 rings (SSSR count). The van der Waals surface area contributed by atoms with Crippen molar-refractivity contribution in [3.63, 3.8) is 0 Å². The van der Waals surface area contributed by atoms with Gasteiger partial charge in [0.25, 0.3) is 0 Å². The Labute approximate surface area is 101 Å². The van der Waals surface area contributed by atoms with E-state index in [-0.39, 0.29) is 17.9 Å². The fourth-order valence-corrected chi connectivity index (χ4v) is 1.59. The molecule has 0 bridgehead atoms. The van der Waals surface area contributed by atoms with Gasteiger partial charge in [0.05, 0.1) is 19.1 Å². The number of nitrogens with one attached hydrogen (secondary N) is 1. The SMILES string of the molecule is COC(=O)C1C=C[C@@H](NC(=O)OC(C)(C)C)C1. The molecule has 5 heteroatoms. The average Bonchev–Trinajstić information content (AvgIpc) is 2.62. The summed E-state index contributed by atoms with van der Waals surface area (Å²) in [7, 11) is 1.35. The highest BCUT2D eigenvalue weighted by atomic mass is 16.6. The van der Waals surface area contributed by atoms with Crippen molar-refractivity contribution in [2.45, 2.75) is 38.8 Å². The van der Waals surface area contributed by atoms with Gasteiger partial charge in [-0.15, -0.1) is 0 Å². The third kappa shape index (κ3) is 4.46. The number of carbonyl (C=O) groups excluding carboxylic acids is 2. The number of hydrogen-bond acceptors (Lipinski definition) is 4. The molecule has 0 aliphatic heterocycles. The third-order valence-corrected chi connectivity index (χ3v) is 2.29. The molecular weight excluding hydrogens is 222 g/mol. The average molecular weight is 241 g/mol. The molecule has 1 aliphatic rings. The Bertz CT molecular complexity index is 330. The summed E-state index contributed by atoms with van der Waals surface area (Å²) in [5.41, 5.74) is -0.520. The van der Waals surface area contributed by atoms with Crippen molar-refractivity contribution >= 4 is 12.1 Å². The topological polar surface area (TPSA) is 64.6 Å². The fourth-order valence-electron chi connectivity index (χ4n) is 1.59. The van der Waals surface area contributed by atoms with E-state index in [4.69, 9.17) is 4.74 Å². The minimum Gasteiger partial charge on any atom is -0.469 e.